The molecule has 12 nitrogen and oxygen atoms in total. The van der Waals surface area contributed by atoms with Crippen LogP contribution in [0.15, 0.2) is 36.9 Å². The molecule has 1 aliphatic rings. The summed E-state index contributed by atoms with van der Waals surface area (Å²) in [5, 5.41) is 23.6. The number of methoxy groups -OCH3 is 1. The number of rotatable bonds is 8. The third-order valence-corrected chi connectivity index (χ3v) is 5.85. The van der Waals surface area contributed by atoms with Crippen LogP contribution in [0.3, 0.4) is 0 Å². The lowest BCUT2D eigenvalue weighted by Gasteiger charge is -2.23. The summed E-state index contributed by atoms with van der Waals surface area (Å²) >= 11 is 0. The van der Waals surface area contributed by atoms with Crippen LogP contribution in [0, 0.1) is 0 Å². The summed E-state index contributed by atoms with van der Waals surface area (Å²) in [6, 6.07) is 5.52. The second-order valence-corrected chi connectivity index (χ2v) is 8.35. The van der Waals surface area contributed by atoms with Crippen molar-refractivity contribution in [2.45, 2.75) is 36.9 Å². The smallest absolute Gasteiger partial charge is 0.237 e. The fourth-order valence-electron chi connectivity index (χ4n) is 4.04. The van der Waals surface area contributed by atoms with Crippen molar-refractivity contribution in [2.75, 3.05) is 32.7 Å². The third-order valence-electron chi connectivity index (χ3n) is 5.85. The van der Waals surface area contributed by atoms with E-state index in [0.29, 0.717) is 29.2 Å². The van der Waals surface area contributed by atoms with Gasteiger partial charge in [0.15, 0.2) is 23.2 Å². The molecule has 12 heteroatoms. The Labute approximate surface area is 196 Å². The summed E-state index contributed by atoms with van der Waals surface area (Å²) in [5.74, 6) is 0.861. The number of ether oxygens (including phenoxy) is 2. The molecule has 1 fully saturated rings. The lowest BCUT2D eigenvalue weighted by molar-refractivity contribution is -0.124. The van der Waals surface area contributed by atoms with Gasteiger partial charge >= 0.3 is 0 Å². The number of aliphatic hydroxyl groups excluding tert-OH is 2. The van der Waals surface area contributed by atoms with E-state index in [2.05, 4.69) is 20.3 Å². The first-order valence-corrected chi connectivity index (χ1v) is 10.8. The molecular weight excluding hydrogens is 442 g/mol. The Bertz CT molecular complexity index is 1140. The summed E-state index contributed by atoms with van der Waals surface area (Å²) in [6.07, 6.45) is 0.250. The number of benzene rings is 1. The van der Waals surface area contributed by atoms with Crippen molar-refractivity contribution >= 4 is 22.9 Å². The molecule has 5 atom stereocenters. The molecule has 34 heavy (non-hydrogen) atoms. The van der Waals surface area contributed by atoms with E-state index in [-0.39, 0.29) is 0 Å². The van der Waals surface area contributed by atoms with Gasteiger partial charge in [0.1, 0.15) is 24.3 Å². The average molecular weight is 472 g/mol. The van der Waals surface area contributed by atoms with Crippen LogP contribution < -0.4 is 20.7 Å². The summed E-state index contributed by atoms with van der Waals surface area (Å²) < 4.78 is 12.6. The van der Waals surface area contributed by atoms with E-state index in [1.165, 1.54) is 12.7 Å². The molecule has 0 aliphatic carbocycles. The van der Waals surface area contributed by atoms with Crippen molar-refractivity contribution < 1.29 is 24.5 Å². The van der Waals surface area contributed by atoms with Gasteiger partial charge in [-0.2, -0.15) is 0 Å². The Morgan fingerprint density at radius 1 is 1.29 bits per heavy atom. The molecule has 3 heterocycles. The number of carbonyl (C=O) groups is 1. The number of anilines is 1. The molecule has 2 aromatic heterocycles. The van der Waals surface area contributed by atoms with E-state index in [1.807, 2.05) is 26.2 Å². The number of nitrogens with zero attached hydrogens (tertiary/aromatic N) is 5. The number of fused-ring (bicyclic) bond motifs is 1. The average Bonchev–Trinajstić information content (AvgIpc) is 3.40. The molecule has 3 aromatic rings. The Hall–Kier alpha value is -3.32. The number of aromatic nitrogens is 4. The van der Waals surface area contributed by atoms with Gasteiger partial charge in [0.05, 0.1) is 32.1 Å². The maximum absolute atomic E-state index is 12.8. The molecule has 1 amide bonds. The molecule has 182 valence electrons. The fourth-order valence-corrected chi connectivity index (χ4v) is 4.04. The number of hydrogen-bond acceptors (Lipinski definition) is 10. The van der Waals surface area contributed by atoms with E-state index >= 15 is 0 Å². The van der Waals surface area contributed by atoms with Crippen LogP contribution >= 0.6 is 0 Å². The van der Waals surface area contributed by atoms with E-state index < -0.39 is 43.0 Å². The zero-order chi connectivity index (χ0) is 24.4. The van der Waals surface area contributed by atoms with Crippen LogP contribution in [0.25, 0.3) is 11.2 Å². The van der Waals surface area contributed by atoms with Crippen molar-refractivity contribution in [1.29, 1.82) is 0 Å². The molecule has 1 saturated heterocycles. The number of aliphatic hydroxyl groups is 2. The number of carbonyl (C=O) groups excluding carboxylic acids is 1. The molecule has 0 bridgehead atoms. The summed E-state index contributed by atoms with van der Waals surface area (Å²) in [4.78, 5) is 27.5. The van der Waals surface area contributed by atoms with Crippen LogP contribution in [0.4, 0.5) is 5.82 Å². The molecule has 0 unspecified atom stereocenters. The van der Waals surface area contributed by atoms with Gasteiger partial charge in [0.2, 0.25) is 5.91 Å². The Kier molecular flexibility index (Phi) is 6.93. The highest BCUT2D eigenvalue weighted by Crippen LogP contribution is 2.32. The van der Waals surface area contributed by atoms with Gasteiger partial charge in [0, 0.05) is 14.1 Å². The predicted octanol–water partition coefficient (Wildman–Crippen LogP) is -0.794. The highest BCUT2D eigenvalue weighted by Gasteiger charge is 2.46. The molecule has 5 N–H and O–H groups in total. The lowest BCUT2D eigenvalue weighted by Crippen LogP contribution is -2.53. The van der Waals surface area contributed by atoms with Crippen molar-refractivity contribution in [3.63, 3.8) is 0 Å². The Morgan fingerprint density at radius 2 is 2.03 bits per heavy atom. The van der Waals surface area contributed by atoms with Crippen molar-refractivity contribution in [3.05, 3.63) is 42.5 Å². The maximum Gasteiger partial charge on any atom is 0.237 e. The zero-order valence-corrected chi connectivity index (χ0v) is 19.2. The minimum Gasteiger partial charge on any atom is -0.497 e. The second kappa shape index (κ2) is 9.89. The molecule has 0 saturated carbocycles. The minimum atomic E-state index is -1.18. The Balaban J connectivity index is 1.49. The molecule has 0 spiro atoms. The SMILES string of the molecule is COc1ccc(C[C@@H](N)C(=O)N[C@@H]2[C@H](O)[C@H](n3cnc4c(N(C)C)ncnc43)O[C@@H]2CO)cc1. The topological polar surface area (TPSA) is 161 Å². The number of hydrogen-bond donors (Lipinski definition) is 4. The van der Waals surface area contributed by atoms with Crippen LogP contribution in [-0.2, 0) is 16.0 Å². The van der Waals surface area contributed by atoms with Crippen LogP contribution in [0.2, 0.25) is 0 Å². The normalized spacial score (nSPS) is 23.1. The van der Waals surface area contributed by atoms with Gasteiger partial charge in [0.25, 0.3) is 0 Å². The molecule has 1 aromatic carbocycles. The van der Waals surface area contributed by atoms with E-state index in [1.54, 1.807) is 28.7 Å². The zero-order valence-electron chi connectivity index (χ0n) is 19.2. The summed E-state index contributed by atoms with van der Waals surface area (Å²) in [5.41, 5.74) is 7.98. The van der Waals surface area contributed by atoms with Crippen molar-refractivity contribution in [2.24, 2.45) is 5.73 Å². The number of nitrogens with two attached hydrogens (primary N) is 1. The largest absolute Gasteiger partial charge is 0.497 e. The lowest BCUT2D eigenvalue weighted by atomic mass is 10.0. The van der Waals surface area contributed by atoms with E-state index in [9.17, 15) is 15.0 Å². The van der Waals surface area contributed by atoms with Gasteiger partial charge < -0.3 is 35.6 Å². The van der Waals surface area contributed by atoms with Gasteiger partial charge in [-0.15, -0.1) is 0 Å². The fraction of sp³-hybridized carbons (Fsp3) is 0.455. The number of amides is 1. The monoisotopic (exact) mass is 471 g/mol. The first-order valence-electron chi connectivity index (χ1n) is 10.8. The van der Waals surface area contributed by atoms with E-state index in [0.717, 1.165) is 5.56 Å². The second-order valence-electron chi connectivity index (χ2n) is 8.35. The van der Waals surface area contributed by atoms with Gasteiger partial charge in [-0.25, -0.2) is 15.0 Å². The first kappa shape index (κ1) is 23.8. The third kappa shape index (κ3) is 4.53. The molecule has 1 aliphatic heterocycles. The predicted molar refractivity (Wildman–Crippen MR) is 123 cm³/mol. The van der Waals surface area contributed by atoms with Crippen LogP contribution in [0.5, 0.6) is 5.75 Å². The standard InChI is InChI=1S/C22H29N7O5/c1-28(2)19-17-20(25-10-24-19)29(11-26-17)22-18(31)16(15(9-30)34-22)27-21(32)14(23)8-12-4-6-13(33-3)7-5-12/h4-7,10-11,14-16,18,22,30-31H,8-9,23H2,1-3H3,(H,27,32)/t14-,15-,16+,18+,22-/m1/s1. The minimum absolute atomic E-state index is 0.295. The van der Waals surface area contributed by atoms with Gasteiger partial charge in [-0.3, -0.25) is 9.36 Å². The highest BCUT2D eigenvalue weighted by molar-refractivity contribution is 5.83. The van der Waals surface area contributed by atoms with Gasteiger partial charge in [-0.1, -0.05) is 12.1 Å². The van der Waals surface area contributed by atoms with Crippen molar-refractivity contribution in [1.82, 2.24) is 24.8 Å². The van der Waals surface area contributed by atoms with E-state index in [4.69, 9.17) is 15.2 Å². The maximum atomic E-state index is 12.8. The van der Waals surface area contributed by atoms with Crippen LogP contribution in [-0.4, -0.2) is 87.7 Å². The number of nitrogens with one attached hydrogen (secondary N) is 1. The number of imidazole rings is 1. The molecule has 0 radical (unpaired) electrons. The first-order chi connectivity index (χ1) is 16.3. The summed E-state index contributed by atoms with van der Waals surface area (Å²) in [7, 11) is 5.25. The quantitative estimate of drug-likeness (QED) is 0.328. The molecule has 4 rings (SSSR count). The summed E-state index contributed by atoms with van der Waals surface area (Å²) in [6.45, 7) is -0.406. The Morgan fingerprint density at radius 3 is 2.68 bits per heavy atom. The van der Waals surface area contributed by atoms with Crippen molar-refractivity contribution in [3.8, 4) is 5.75 Å². The van der Waals surface area contributed by atoms with Crippen LogP contribution in [0.1, 0.15) is 11.8 Å². The highest BCUT2D eigenvalue weighted by atomic mass is 16.5. The molecular formula is C22H29N7O5. The van der Waals surface area contributed by atoms with Gasteiger partial charge in [-0.05, 0) is 24.1 Å².